The number of rotatable bonds is 10. The number of fused-ring (bicyclic) bond motifs is 4. The van der Waals surface area contributed by atoms with Crippen LogP contribution in [0.1, 0.15) is 47.4 Å². The standard InChI is InChI=1S/C42H33Cl2F3N4O8/c43-24-8-6-22(7-9-24)41-30(38(56)51(40(41)58)49-36-31(44)16-23(19-48-36)42(45,46)47)18-29-26(12-13-28-34(29)39(57)50(37(28)55)15-14-33(53)54)35(41)27-11-10-25(17-32(27)52)59-20-21-4-2-1-3-5-21/h1-12,16-17,19,28-30,34-35,52H,13-15,18,20H2,(H,48,49)(H,53,54). The van der Waals surface area contributed by atoms with Gasteiger partial charge >= 0.3 is 12.1 Å². The van der Waals surface area contributed by atoms with Crippen molar-refractivity contribution in [3.63, 3.8) is 0 Å². The van der Waals surface area contributed by atoms with Crippen LogP contribution in [-0.2, 0) is 42.2 Å². The number of anilines is 1. The fourth-order valence-corrected chi connectivity index (χ4v) is 9.55. The van der Waals surface area contributed by atoms with Gasteiger partial charge in [-0.05, 0) is 54.2 Å². The number of amides is 4. The van der Waals surface area contributed by atoms with E-state index in [-0.39, 0.29) is 43.1 Å². The number of aliphatic carboxylic acids is 1. The average molecular weight is 850 g/mol. The summed E-state index contributed by atoms with van der Waals surface area (Å²) in [5, 5.41) is 21.7. The molecular formula is C42H33Cl2F3N4O8. The first kappa shape index (κ1) is 39.9. The predicted molar refractivity (Wildman–Crippen MR) is 205 cm³/mol. The van der Waals surface area contributed by atoms with E-state index in [1.807, 2.05) is 30.3 Å². The number of nitrogens with one attached hydrogen (secondary N) is 1. The topological polar surface area (TPSA) is 166 Å². The normalized spacial score (nSPS) is 25.0. The molecule has 2 aliphatic heterocycles. The quantitative estimate of drug-likeness (QED) is 0.110. The minimum atomic E-state index is -4.79. The first-order valence-corrected chi connectivity index (χ1v) is 19.3. The molecule has 2 saturated heterocycles. The monoisotopic (exact) mass is 848 g/mol. The van der Waals surface area contributed by atoms with E-state index >= 15 is 4.79 Å². The number of nitrogens with zero attached hydrogens (tertiary/aromatic N) is 3. The number of alkyl halides is 3. The molecule has 3 heterocycles. The number of likely N-dealkylation sites (tertiary alicyclic amines) is 1. The van der Waals surface area contributed by atoms with E-state index in [1.54, 1.807) is 30.3 Å². The van der Waals surface area contributed by atoms with Gasteiger partial charge in [0.1, 0.15) is 18.1 Å². The summed E-state index contributed by atoms with van der Waals surface area (Å²) in [7, 11) is 0. The Labute approximate surface area is 344 Å². The second-order valence-corrected chi connectivity index (χ2v) is 15.7. The summed E-state index contributed by atoms with van der Waals surface area (Å²) in [4.78, 5) is 74.3. The van der Waals surface area contributed by atoms with Crippen LogP contribution < -0.4 is 10.2 Å². The van der Waals surface area contributed by atoms with Crippen LogP contribution in [0.2, 0.25) is 10.0 Å². The Hall–Kier alpha value is -5.93. The van der Waals surface area contributed by atoms with E-state index in [4.69, 9.17) is 27.9 Å². The van der Waals surface area contributed by atoms with Crippen LogP contribution in [0.3, 0.4) is 0 Å². The number of imide groups is 2. The van der Waals surface area contributed by atoms with Crippen molar-refractivity contribution in [2.24, 2.45) is 23.7 Å². The van der Waals surface area contributed by atoms with E-state index in [2.05, 4.69) is 10.4 Å². The molecule has 0 radical (unpaired) electrons. The lowest BCUT2D eigenvalue weighted by molar-refractivity contribution is -0.143. The molecule has 4 aromatic rings. The second kappa shape index (κ2) is 15.0. The van der Waals surface area contributed by atoms with Gasteiger partial charge in [-0.1, -0.05) is 83.4 Å². The van der Waals surface area contributed by atoms with Crippen LogP contribution in [0.4, 0.5) is 19.0 Å². The number of hydrogen-bond acceptors (Lipinski definition) is 9. The Bertz CT molecular complexity index is 2430. The van der Waals surface area contributed by atoms with Gasteiger partial charge in [0.05, 0.1) is 40.2 Å². The van der Waals surface area contributed by atoms with Gasteiger partial charge in [-0.25, -0.2) is 4.98 Å². The summed E-state index contributed by atoms with van der Waals surface area (Å²) in [6, 6.07) is 20.6. The molecule has 3 aromatic carbocycles. The molecule has 8 rings (SSSR count). The lowest BCUT2D eigenvalue weighted by atomic mass is 9.49. The third-order valence-corrected chi connectivity index (χ3v) is 12.3. The number of carbonyl (C=O) groups excluding carboxylic acids is 4. The zero-order valence-electron chi connectivity index (χ0n) is 30.7. The number of pyridine rings is 1. The van der Waals surface area contributed by atoms with Gasteiger partial charge in [0.2, 0.25) is 11.8 Å². The summed E-state index contributed by atoms with van der Waals surface area (Å²) < 4.78 is 46.5. The number of carboxylic acids is 1. The number of phenolic OH excluding ortho intramolecular Hbond substituents is 1. The van der Waals surface area contributed by atoms with E-state index < -0.39 is 93.6 Å². The van der Waals surface area contributed by atoms with Gasteiger partial charge in [0.15, 0.2) is 5.82 Å². The zero-order valence-corrected chi connectivity index (χ0v) is 32.2. The molecule has 59 heavy (non-hydrogen) atoms. The van der Waals surface area contributed by atoms with Gasteiger partial charge in [0.25, 0.3) is 11.8 Å². The molecule has 3 fully saturated rings. The van der Waals surface area contributed by atoms with Crippen molar-refractivity contribution in [2.45, 2.75) is 43.4 Å². The first-order chi connectivity index (χ1) is 28.1. The number of aromatic nitrogens is 1. The van der Waals surface area contributed by atoms with Crippen LogP contribution in [0.5, 0.6) is 11.5 Å². The Morgan fingerprint density at radius 3 is 2.34 bits per heavy atom. The molecule has 4 aliphatic rings. The molecule has 3 N–H and O–H groups in total. The molecule has 17 heteroatoms. The maximum atomic E-state index is 15.4. The minimum Gasteiger partial charge on any atom is -0.508 e. The fraction of sp³-hybridized carbons (Fsp3) is 0.286. The highest BCUT2D eigenvalue weighted by molar-refractivity contribution is 6.33. The second-order valence-electron chi connectivity index (χ2n) is 14.9. The average Bonchev–Trinajstić information content (AvgIpc) is 3.57. The highest BCUT2D eigenvalue weighted by Gasteiger charge is 2.70. The molecular weight excluding hydrogens is 816 g/mol. The maximum Gasteiger partial charge on any atom is 0.417 e. The van der Waals surface area contributed by atoms with Crippen LogP contribution >= 0.6 is 23.2 Å². The summed E-state index contributed by atoms with van der Waals surface area (Å²) in [5.74, 6) is -9.80. The van der Waals surface area contributed by atoms with Crippen molar-refractivity contribution in [1.82, 2.24) is 14.9 Å². The Morgan fingerprint density at radius 2 is 1.68 bits per heavy atom. The van der Waals surface area contributed by atoms with Crippen LogP contribution in [-0.4, -0.2) is 61.2 Å². The molecule has 0 bridgehead atoms. The zero-order chi connectivity index (χ0) is 42.0. The van der Waals surface area contributed by atoms with Gasteiger partial charge in [-0.15, -0.1) is 0 Å². The maximum absolute atomic E-state index is 15.4. The SMILES string of the molecule is O=C(O)CCN1C(=O)C2CC=C3C(CC4C(=O)N(Nc5ncc(C(F)(F)F)cc5Cl)C(=O)C4(c4ccc(Cl)cc4)C3c3ccc(OCc4ccccc4)cc3O)C2C1=O. The fourth-order valence-electron chi connectivity index (χ4n) is 9.22. The summed E-state index contributed by atoms with van der Waals surface area (Å²) in [6.07, 6.45) is -3.14. The number of aromatic hydroxyl groups is 1. The van der Waals surface area contributed by atoms with Crippen molar-refractivity contribution >= 4 is 58.6 Å². The Morgan fingerprint density at radius 1 is 0.949 bits per heavy atom. The highest BCUT2D eigenvalue weighted by atomic mass is 35.5. The largest absolute Gasteiger partial charge is 0.508 e. The minimum absolute atomic E-state index is 0.0384. The number of ether oxygens (including phenoxy) is 1. The number of allylic oxidation sites excluding steroid dienone is 2. The summed E-state index contributed by atoms with van der Waals surface area (Å²) >= 11 is 12.6. The lowest BCUT2D eigenvalue weighted by Crippen LogP contribution is -2.53. The van der Waals surface area contributed by atoms with Crippen molar-refractivity contribution in [3.05, 3.63) is 129 Å². The molecule has 6 unspecified atom stereocenters. The first-order valence-electron chi connectivity index (χ1n) is 18.5. The van der Waals surface area contributed by atoms with E-state index in [0.717, 1.165) is 10.5 Å². The number of hydrogen-bond donors (Lipinski definition) is 3. The number of carbonyl (C=O) groups is 5. The van der Waals surface area contributed by atoms with Crippen LogP contribution in [0.15, 0.2) is 96.7 Å². The molecule has 6 atom stereocenters. The number of carboxylic acid groups (broad SMARTS) is 1. The highest BCUT2D eigenvalue weighted by Crippen LogP contribution is 2.65. The van der Waals surface area contributed by atoms with Gasteiger partial charge < -0.3 is 14.9 Å². The molecule has 304 valence electrons. The van der Waals surface area contributed by atoms with E-state index in [1.165, 1.54) is 18.2 Å². The molecule has 1 saturated carbocycles. The van der Waals surface area contributed by atoms with Crippen molar-refractivity contribution in [1.29, 1.82) is 0 Å². The molecule has 4 amide bonds. The molecule has 2 aliphatic carbocycles. The molecule has 12 nitrogen and oxygen atoms in total. The third kappa shape index (κ3) is 6.75. The predicted octanol–water partition coefficient (Wildman–Crippen LogP) is 7.15. The number of benzene rings is 3. The Kier molecular flexibility index (Phi) is 10.2. The van der Waals surface area contributed by atoms with Crippen molar-refractivity contribution < 1.29 is 52.1 Å². The molecule has 1 aromatic heterocycles. The summed E-state index contributed by atoms with van der Waals surface area (Å²) in [6.45, 7) is -0.191. The van der Waals surface area contributed by atoms with E-state index in [0.29, 0.717) is 33.4 Å². The van der Waals surface area contributed by atoms with Crippen LogP contribution in [0, 0.1) is 23.7 Å². The van der Waals surface area contributed by atoms with Gasteiger partial charge in [0, 0.05) is 35.3 Å². The van der Waals surface area contributed by atoms with Gasteiger partial charge in [-0.3, -0.25) is 34.3 Å². The number of hydrazine groups is 1. The van der Waals surface area contributed by atoms with Gasteiger partial charge in [-0.2, -0.15) is 18.2 Å². The van der Waals surface area contributed by atoms with Crippen molar-refractivity contribution in [3.8, 4) is 11.5 Å². The lowest BCUT2D eigenvalue weighted by Gasteiger charge is -2.50. The summed E-state index contributed by atoms with van der Waals surface area (Å²) in [5.41, 5.74) is 1.34. The molecule has 0 spiro atoms. The number of phenols is 1. The van der Waals surface area contributed by atoms with Crippen molar-refractivity contribution in [2.75, 3.05) is 12.0 Å². The third-order valence-electron chi connectivity index (χ3n) is 11.8. The smallest absolute Gasteiger partial charge is 0.417 e. The van der Waals surface area contributed by atoms with Crippen LogP contribution in [0.25, 0.3) is 0 Å². The number of halogens is 5. The Balaban J connectivity index is 1.28. The van der Waals surface area contributed by atoms with E-state index in [9.17, 15) is 42.6 Å².